The first-order valence-electron chi connectivity index (χ1n) is 13.7. The van der Waals surface area contributed by atoms with Gasteiger partial charge in [-0.05, 0) is 55.0 Å². The summed E-state index contributed by atoms with van der Waals surface area (Å²) in [6, 6.07) is 13.2. The summed E-state index contributed by atoms with van der Waals surface area (Å²) in [5.41, 5.74) is 4.15. The van der Waals surface area contributed by atoms with Crippen LogP contribution in [0.2, 0.25) is 0 Å². The minimum absolute atomic E-state index is 0.0773. The van der Waals surface area contributed by atoms with Crippen LogP contribution in [0.5, 0.6) is 5.88 Å². The third kappa shape index (κ3) is 6.57. The van der Waals surface area contributed by atoms with E-state index in [2.05, 4.69) is 45.4 Å². The van der Waals surface area contributed by atoms with Crippen LogP contribution in [0.15, 0.2) is 72.1 Å². The fourth-order valence-corrected chi connectivity index (χ4v) is 6.14. The monoisotopic (exact) mass is 586 g/mol. The third-order valence-electron chi connectivity index (χ3n) is 7.00. The maximum absolute atomic E-state index is 14.1. The van der Waals surface area contributed by atoms with Crippen LogP contribution < -0.4 is 9.46 Å². The van der Waals surface area contributed by atoms with Gasteiger partial charge in [-0.25, -0.2) is 28.1 Å². The average Bonchev–Trinajstić information content (AvgIpc) is 2.93. The highest BCUT2D eigenvalue weighted by molar-refractivity contribution is 7.92. The fraction of sp³-hybridized carbons (Fsp3) is 0.323. The van der Waals surface area contributed by atoms with Crippen molar-refractivity contribution in [1.29, 1.82) is 0 Å². The zero-order chi connectivity index (χ0) is 30.1. The van der Waals surface area contributed by atoms with E-state index in [-0.39, 0.29) is 46.8 Å². The van der Waals surface area contributed by atoms with E-state index in [9.17, 15) is 13.2 Å². The molecule has 4 aromatic rings. The molecule has 2 aromatic carbocycles. The molecular weight excluding hydrogens is 552 g/mol. The minimum atomic E-state index is -4.14. The topological polar surface area (TPSA) is 127 Å². The number of fused-ring (bicyclic) bond motifs is 4. The lowest BCUT2D eigenvalue weighted by atomic mass is 9.87. The fourth-order valence-electron chi connectivity index (χ4n) is 5.15. The number of carbonyl (C=O) groups is 1. The number of hydrogen-bond acceptors (Lipinski definition) is 8. The van der Waals surface area contributed by atoms with Gasteiger partial charge >= 0.3 is 0 Å². The number of hydrogen-bond donors (Lipinski definition) is 1. The van der Waals surface area contributed by atoms with E-state index in [1.807, 2.05) is 32.0 Å². The Kier molecular flexibility index (Phi) is 7.96. The Bertz CT molecular complexity index is 1700. The maximum atomic E-state index is 14.1. The summed E-state index contributed by atoms with van der Waals surface area (Å²) in [7, 11) is -4.14. The number of amides is 1. The molecule has 0 unspecified atom stereocenters. The van der Waals surface area contributed by atoms with Crippen molar-refractivity contribution in [2.75, 3.05) is 11.3 Å². The van der Waals surface area contributed by atoms with Gasteiger partial charge in [-0.2, -0.15) is 4.98 Å². The lowest BCUT2D eigenvalue weighted by molar-refractivity contribution is 0.0512. The smallest absolute Gasteiger partial charge is 0.264 e. The molecule has 5 rings (SSSR count). The largest absolute Gasteiger partial charge is 0.475 e. The summed E-state index contributed by atoms with van der Waals surface area (Å²) < 4.78 is 35.8. The van der Waals surface area contributed by atoms with Crippen molar-refractivity contribution >= 4 is 21.9 Å². The Balaban J connectivity index is 1.68. The van der Waals surface area contributed by atoms with E-state index in [1.165, 1.54) is 18.5 Å². The number of sulfonamides is 1. The summed E-state index contributed by atoms with van der Waals surface area (Å²) in [6.45, 7) is 10.6. The maximum Gasteiger partial charge on any atom is 0.264 e. The minimum Gasteiger partial charge on any atom is -0.475 e. The Hall–Kier alpha value is -4.38. The van der Waals surface area contributed by atoms with Gasteiger partial charge in [0.2, 0.25) is 11.8 Å². The second kappa shape index (κ2) is 11.5. The zero-order valence-corrected chi connectivity index (χ0v) is 25.1. The molecule has 218 valence electrons. The number of carbonyl (C=O) groups excluding carboxylic acids is 1. The van der Waals surface area contributed by atoms with E-state index >= 15 is 0 Å². The number of aromatic nitrogens is 4. The van der Waals surface area contributed by atoms with Gasteiger partial charge in [0.05, 0.1) is 16.6 Å². The van der Waals surface area contributed by atoms with Gasteiger partial charge < -0.3 is 9.64 Å². The molecule has 4 bridgehead atoms. The van der Waals surface area contributed by atoms with Crippen LogP contribution in [-0.2, 0) is 16.6 Å². The van der Waals surface area contributed by atoms with E-state index in [4.69, 9.17) is 4.74 Å². The lowest BCUT2D eigenvalue weighted by Crippen LogP contribution is -2.45. The number of aryl methyl sites for hydroxylation is 2. The summed E-state index contributed by atoms with van der Waals surface area (Å²) in [6.07, 6.45) is 5.36. The highest BCUT2D eigenvalue weighted by Gasteiger charge is 2.31. The van der Waals surface area contributed by atoms with Gasteiger partial charge in [-0.15, -0.1) is 0 Å². The molecule has 1 aliphatic heterocycles. The first-order chi connectivity index (χ1) is 19.9. The molecule has 42 heavy (non-hydrogen) atoms. The van der Waals surface area contributed by atoms with Crippen LogP contribution in [0.1, 0.15) is 54.2 Å². The van der Waals surface area contributed by atoms with Gasteiger partial charge in [0, 0.05) is 41.7 Å². The van der Waals surface area contributed by atoms with Crippen molar-refractivity contribution in [3.05, 3.63) is 89.5 Å². The molecular formula is C31H34N6O4S. The van der Waals surface area contributed by atoms with Crippen LogP contribution in [0.4, 0.5) is 5.95 Å². The van der Waals surface area contributed by atoms with Gasteiger partial charge in [-0.1, -0.05) is 45.0 Å². The Morgan fingerprint density at radius 1 is 1.00 bits per heavy atom. The summed E-state index contributed by atoms with van der Waals surface area (Å²) in [5.74, 6) is -0.255. The molecule has 1 aliphatic rings. The lowest BCUT2D eigenvalue weighted by Gasteiger charge is -2.35. The quantitative estimate of drug-likeness (QED) is 0.346. The van der Waals surface area contributed by atoms with Crippen LogP contribution in [0.25, 0.3) is 11.3 Å². The molecule has 0 fully saturated rings. The Morgan fingerprint density at radius 3 is 2.38 bits per heavy atom. The molecule has 2 aromatic heterocycles. The number of benzene rings is 2. The second-order valence-electron chi connectivity index (χ2n) is 11.7. The number of ether oxygens (including phenoxy) is 1. The van der Waals surface area contributed by atoms with Crippen molar-refractivity contribution in [1.82, 2.24) is 24.8 Å². The van der Waals surface area contributed by atoms with Crippen molar-refractivity contribution in [3.63, 3.8) is 0 Å². The first kappa shape index (κ1) is 29.1. The molecule has 0 aliphatic carbocycles. The molecule has 1 amide bonds. The van der Waals surface area contributed by atoms with E-state index in [0.29, 0.717) is 12.1 Å². The van der Waals surface area contributed by atoms with Crippen molar-refractivity contribution in [3.8, 4) is 17.1 Å². The van der Waals surface area contributed by atoms with Gasteiger partial charge in [0.15, 0.2) is 0 Å². The van der Waals surface area contributed by atoms with E-state index in [1.54, 1.807) is 35.5 Å². The third-order valence-corrected chi connectivity index (χ3v) is 8.32. The molecule has 0 radical (unpaired) electrons. The summed E-state index contributed by atoms with van der Waals surface area (Å²) in [5, 5.41) is 0. The predicted molar refractivity (Wildman–Crippen MR) is 159 cm³/mol. The molecule has 1 N–H and O–H groups in total. The second-order valence-corrected chi connectivity index (χ2v) is 13.4. The SMILES string of the molecule is Cc1cccc(C)c1-c1cc2nc(n1)NS(=O)(=O)c1cccc(c1)C(=O)N(Cc1cncnc1)[C@H](CC(C)(C)C)CO2. The predicted octanol–water partition coefficient (Wildman–Crippen LogP) is 5.19. The van der Waals surface area contributed by atoms with E-state index < -0.39 is 16.1 Å². The van der Waals surface area contributed by atoms with Crippen LogP contribution in [0, 0.1) is 19.3 Å². The summed E-state index contributed by atoms with van der Waals surface area (Å²) >= 11 is 0. The Morgan fingerprint density at radius 2 is 1.69 bits per heavy atom. The van der Waals surface area contributed by atoms with E-state index in [0.717, 1.165) is 22.3 Å². The molecule has 0 saturated heterocycles. The number of rotatable bonds is 4. The van der Waals surface area contributed by atoms with Gasteiger partial charge in [0.1, 0.15) is 12.9 Å². The van der Waals surface area contributed by atoms with Crippen LogP contribution in [0.3, 0.4) is 0 Å². The van der Waals surface area contributed by atoms with Gasteiger partial charge in [0.25, 0.3) is 15.9 Å². The standard InChI is InChI=1S/C31H34N6O4S/c1-20-8-6-9-21(2)28(20)26-13-27-35-30(34-26)36-42(39,40)25-11-7-10-23(12-25)29(38)37(17-22-15-32-19-33-16-22)24(18-41-27)14-31(3,4)5/h6-13,15-16,19,24H,14,17-18H2,1-5H3,(H,34,35,36)/t24-/m1/s1. The number of anilines is 1. The molecule has 11 heteroatoms. The van der Waals surface area contributed by atoms with Crippen molar-refractivity contribution in [2.24, 2.45) is 5.41 Å². The highest BCUT2D eigenvalue weighted by Crippen LogP contribution is 2.31. The molecule has 1 atom stereocenters. The van der Waals surface area contributed by atoms with Crippen LogP contribution in [-0.4, -0.2) is 51.8 Å². The molecule has 10 nitrogen and oxygen atoms in total. The Labute approximate surface area is 246 Å². The van der Waals surface area contributed by atoms with Crippen molar-refractivity contribution < 1.29 is 17.9 Å². The number of nitrogens with one attached hydrogen (secondary N) is 1. The first-order valence-corrected chi connectivity index (χ1v) is 15.1. The van der Waals surface area contributed by atoms with Crippen LogP contribution >= 0.6 is 0 Å². The zero-order valence-electron chi connectivity index (χ0n) is 24.3. The number of nitrogens with zero attached hydrogens (tertiary/aromatic N) is 5. The molecule has 3 heterocycles. The average molecular weight is 587 g/mol. The highest BCUT2D eigenvalue weighted by atomic mass is 32.2. The molecule has 0 spiro atoms. The molecule has 0 saturated carbocycles. The summed E-state index contributed by atoms with van der Waals surface area (Å²) in [4.78, 5) is 33.0. The van der Waals surface area contributed by atoms with Crippen molar-refractivity contribution in [2.45, 2.75) is 58.5 Å². The normalized spacial score (nSPS) is 16.8. The van der Waals surface area contributed by atoms with Gasteiger partial charge in [-0.3, -0.25) is 4.79 Å².